The van der Waals surface area contributed by atoms with Crippen molar-refractivity contribution in [1.82, 2.24) is 4.98 Å². The predicted octanol–water partition coefficient (Wildman–Crippen LogP) is 4.40. The summed E-state index contributed by atoms with van der Waals surface area (Å²) in [5.41, 5.74) is 1.20. The third-order valence-corrected chi connectivity index (χ3v) is 8.39. The standard InChI is InChI=1S/C31H28N2O4/c1-37-19-33-29-24(13-8-18-32-29)31(30(33)36)23(16-14-20-9-4-2-5-10-20)26-22(15-17-25(26)34)27(31)28(35)21-11-6-3-7-12-21/h2-13,15,17-18,22-23,26-27H,14,16,19H2,1H3/t22-,23-,26+,27-,31-/m1/s1. The highest BCUT2D eigenvalue weighted by Crippen LogP contribution is 2.64. The number of carbonyl (C=O) groups excluding carboxylic acids is 3. The maximum absolute atomic E-state index is 14.6. The molecule has 2 aromatic carbocycles. The minimum Gasteiger partial charge on any atom is -0.364 e. The number of pyridine rings is 1. The summed E-state index contributed by atoms with van der Waals surface area (Å²) in [4.78, 5) is 48.4. The van der Waals surface area contributed by atoms with E-state index < -0.39 is 17.3 Å². The molecule has 1 spiro atoms. The first-order chi connectivity index (χ1) is 18.1. The summed E-state index contributed by atoms with van der Waals surface area (Å²) in [5, 5.41) is 0. The molecule has 6 heteroatoms. The molecule has 0 saturated heterocycles. The number of carbonyl (C=O) groups is 3. The van der Waals surface area contributed by atoms with E-state index in [-0.39, 0.29) is 36.0 Å². The zero-order chi connectivity index (χ0) is 25.6. The van der Waals surface area contributed by atoms with Crippen molar-refractivity contribution in [3.05, 3.63) is 108 Å². The second-order valence-electron chi connectivity index (χ2n) is 10.1. The van der Waals surface area contributed by atoms with E-state index in [0.717, 1.165) is 11.1 Å². The van der Waals surface area contributed by atoms with E-state index in [1.165, 1.54) is 7.11 Å². The number of benzene rings is 2. The van der Waals surface area contributed by atoms with Crippen molar-refractivity contribution in [3.8, 4) is 0 Å². The number of rotatable bonds is 7. The number of aryl methyl sites for hydroxylation is 1. The summed E-state index contributed by atoms with van der Waals surface area (Å²) in [6, 6.07) is 22.9. The zero-order valence-corrected chi connectivity index (χ0v) is 20.6. The molecule has 6 rings (SSSR count). The van der Waals surface area contributed by atoms with Crippen molar-refractivity contribution in [3.63, 3.8) is 0 Å². The largest absolute Gasteiger partial charge is 0.364 e. The predicted molar refractivity (Wildman–Crippen MR) is 139 cm³/mol. The first-order valence-electron chi connectivity index (χ1n) is 12.7. The third kappa shape index (κ3) is 3.43. The van der Waals surface area contributed by atoms with E-state index >= 15 is 0 Å². The van der Waals surface area contributed by atoms with Gasteiger partial charge in [0.25, 0.3) is 0 Å². The van der Waals surface area contributed by atoms with Crippen molar-refractivity contribution in [2.45, 2.75) is 18.3 Å². The highest BCUT2D eigenvalue weighted by atomic mass is 16.5. The average Bonchev–Trinajstić information content (AvgIpc) is 3.53. The topological polar surface area (TPSA) is 76.6 Å². The lowest BCUT2D eigenvalue weighted by Gasteiger charge is -2.36. The van der Waals surface area contributed by atoms with Crippen LogP contribution in [0.4, 0.5) is 5.82 Å². The molecule has 0 radical (unpaired) electrons. The fourth-order valence-electron chi connectivity index (χ4n) is 7.04. The SMILES string of the molecule is COCN1C(=O)[C@@]2(c3cccnc31)[C@H](CCc1ccccc1)[C@H]1C(=O)C=C[C@H]1[C@@H]2C(=O)c1ccccc1. The Bertz CT molecular complexity index is 1390. The van der Waals surface area contributed by atoms with Crippen molar-refractivity contribution in [1.29, 1.82) is 0 Å². The first kappa shape index (κ1) is 23.5. The van der Waals surface area contributed by atoms with E-state index in [9.17, 15) is 14.4 Å². The van der Waals surface area contributed by atoms with Gasteiger partial charge in [0, 0.05) is 36.3 Å². The molecule has 3 aromatic rings. The maximum Gasteiger partial charge on any atom is 0.241 e. The molecular weight excluding hydrogens is 464 g/mol. The lowest BCUT2D eigenvalue weighted by Crippen LogP contribution is -2.51. The Morgan fingerprint density at radius 1 is 1.00 bits per heavy atom. The highest BCUT2D eigenvalue weighted by molar-refractivity contribution is 6.14. The van der Waals surface area contributed by atoms with Crippen LogP contribution in [0.25, 0.3) is 0 Å². The van der Waals surface area contributed by atoms with Crippen LogP contribution in [0.15, 0.2) is 91.1 Å². The summed E-state index contributed by atoms with van der Waals surface area (Å²) in [6.07, 6.45) is 6.42. The molecule has 37 heavy (non-hydrogen) atoms. The monoisotopic (exact) mass is 492 g/mol. The first-order valence-corrected chi connectivity index (χ1v) is 12.7. The number of anilines is 1. The van der Waals surface area contributed by atoms with E-state index in [2.05, 4.69) is 17.1 Å². The lowest BCUT2D eigenvalue weighted by atomic mass is 9.63. The van der Waals surface area contributed by atoms with Crippen molar-refractivity contribution >= 4 is 23.3 Å². The van der Waals surface area contributed by atoms with Gasteiger partial charge in [-0.25, -0.2) is 4.98 Å². The Balaban J connectivity index is 1.56. The minimum absolute atomic E-state index is 0.00534. The van der Waals surface area contributed by atoms with Gasteiger partial charge in [0.2, 0.25) is 5.91 Å². The number of amides is 1. The van der Waals surface area contributed by atoms with Crippen LogP contribution in [0.3, 0.4) is 0 Å². The van der Waals surface area contributed by atoms with E-state index in [1.807, 2.05) is 54.6 Å². The molecule has 0 bridgehead atoms. The van der Waals surface area contributed by atoms with Gasteiger partial charge in [-0.1, -0.05) is 72.8 Å². The number of aromatic nitrogens is 1. The Morgan fingerprint density at radius 3 is 2.46 bits per heavy atom. The Hall–Kier alpha value is -3.90. The normalized spacial score (nSPS) is 27.6. The number of nitrogens with zero attached hydrogens (tertiary/aromatic N) is 2. The summed E-state index contributed by atoms with van der Waals surface area (Å²) in [6.45, 7) is 0.0291. The van der Waals surface area contributed by atoms with E-state index in [4.69, 9.17) is 4.74 Å². The van der Waals surface area contributed by atoms with Crippen molar-refractivity contribution in [2.24, 2.45) is 23.7 Å². The molecular formula is C31H28N2O4. The van der Waals surface area contributed by atoms with Crippen LogP contribution in [0.1, 0.15) is 27.9 Å². The quantitative estimate of drug-likeness (QED) is 0.457. The van der Waals surface area contributed by atoms with E-state index in [0.29, 0.717) is 24.2 Å². The van der Waals surface area contributed by atoms with Crippen LogP contribution in [-0.4, -0.2) is 36.3 Å². The van der Waals surface area contributed by atoms with Crippen LogP contribution in [0.5, 0.6) is 0 Å². The average molecular weight is 493 g/mol. The molecule has 1 aliphatic heterocycles. The van der Waals surface area contributed by atoms with Crippen LogP contribution in [0.2, 0.25) is 0 Å². The van der Waals surface area contributed by atoms with Gasteiger partial charge in [0.1, 0.15) is 12.5 Å². The van der Waals surface area contributed by atoms with Crippen LogP contribution in [0, 0.1) is 23.7 Å². The van der Waals surface area contributed by atoms with Crippen molar-refractivity contribution < 1.29 is 19.1 Å². The number of methoxy groups -OCH3 is 1. The molecule has 1 fully saturated rings. The third-order valence-electron chi connectivity index (χ3n) is 8.39. The van der Waals surface area contributed by atoms with Gasteiger partial charge in [-0.3, -0.25) is 19.3 Å². The molecule has 0 unspecified atom stereocenters. The minimum atomic E-state index is -1.21. The van der Waals surface area contributed by atoms with Crippen LogP contribution < -0.4 is 4.90 Å². The summed E-state index contributed by atoms with van der Waals surface area (Å²) in [5.74, 6) is -1.70. The Kier molecular flexibility index (Phi) is 5.84. The van der Waals surface area contributed by atoms with Gasteiger partial charge in [-0.15, -0.1) is 0 Å². The lowest BCUT2D eigenvalue weighted by molar-refractivity contribution is -0.127. The molecule has 1 aromatic heterocycles. The van der Waals surface area contributed by atoms with Gasteiger partial charge >= 0.3 is 0 Å². The molecule has 1 saturated carbocycles. The number of fused-ring (bicyclic) bond motifs is 3. The molecule has 1 amide bonds. The number of hydrogen-bond donors (Lipinski definition) is 0. The van der Waals surface area contributed by atoms with Gasteiger partial charge in [0.15, 0.2) is 11.6 Å². The van der Waals surface area contributed by atoms with Gasteiger partial charge in [-0.2, -0.15) is 0 Å². The Labute approximate surface area is 216 Å². The van der Waals surface area contributed by atoms with E-state index in [1.54, 1.807) is 29.3 Å². The molecule has 3 aliphatic rings. The summed E-state index contributed by atoms with van der Waals surface area (Å²) >= 11 is 0. The summed E-state index contributed by atoms with van der Waals surface area (Å²) < 4.78 is 5.42. The van der Waals surface area contributed by atoms with Gasteiger partial charge in [0.05, 0.1) is 5.41 Å². The molecule has 5 atom stereocenters. The van der Waals surface area contributed by atoms with Crippen molar-refractivity contribution in [2.75, 3.05) is 18.7 Å². The number of Topliss-reactive ketones (excluding diaryl/α,β-unsaturated/α-hetero) is 1. The second kappa shape index (κ2) is 9.20. The smallest absolute Gasteiger partial charge is 0.241 e. The summed E-state index contributed by atoms with van der Waals surface area (Å²) in [7, 11) is 1.54. The number of allylic oxidation sites excluding steroid dienone is 2. The molecule has 2 aliphatic carbocycles. The fraction of sp³-hybridized carbons (Fsp3) is 0.290. The zero-order valence-electron chi connectivity index (χ0n) is 20.6. The van der Waals surface area contributed by atoms with Gasteiger partial charge < -0.3 is 4.74 Å². The highest BCUT2D eigenvalue weighted by Gasteiger charge is 2.72. The number of ether oxygens (including phenoxy) is 1. The molecule has 0 N–H and O–H groups in total. The Morgan fingerprint density at radius 2 is 1.73 bits per heavy atom. The molecule has 186 valence electrons. The second-order valence-corrected chi connectivity index (χ2v) is 10.1. The molecule has 2 heterocycles. The molecule has 6 nitrogen and oxygen atoms in total. The fourth-order valence-corrected chi connectivity index (χ4v) is 7.04. The van der Waals surface area contributed by atoms with Crippen LogP contribution in [-0.2, 0) is 26.2 Å². The van der Waals surface area contributed by atoms with Gasteiger partial charge in [-0.05, 0) is 42.4 Å². The number of hydrogen-bond acceptors (Lipinski definition) is 5. The van der Waals surface area contributed by atoms with Crippen LogP contribution >= 0.6 is 0 Å². The number of ketones is 2. The maximum atomic E-state index is 14.6.